The maximum Gasteiger partial charge on any atom is 0.252 e. The summed E-state index contributed by atoms with van der Waals surface area (Å²) in [5, 5.41) is 0. The second-order valence-electron chi connectivity index (χ2n) is 7.40. The molecule has 0 radical (unpaired) electrons. The largest absolute Gasteiger partial charge is 0.467 e. The van der Waals surface area contributed by atoms with Crippen molar-refractivity contribution in [1.82, 2.24) is 4.31 Å². The maximum atomic E-state index is 13.2. The molecule has 3 aromatic rings. The van der Waals surface area contributed by atoms with Crippen molar-refractivity contribution in [1.29, 1.82) is 0 Å². The van der Waals surface area contributed by atoms with Crippen LogP contribution >= 0.6 is 11.3 Å². The van der Waals surface area contributed by atoms with Crippen molar-refractivity contribution in [2.45, 2.75) is 36.9 Å². The molecule has 1 saturated heterocycles. The highest BCUT2D eigenvalue weighted by Crippen LogP contribution is 2.28. The number of carbonyl (C=O) groups is 1. The summed E-state index contributed by atoms with van der Waals surface area (Å²) < 4.78 is 32.8. The van der Waals surface area contributed by atoms with Crippen molar-refractivity contribution in [3.05, 3.63) is 71.0 Å². The Hall–Kier alpha value is -2.42. The van der Waals surface area contributed by atoms with Gasteiger partial charge < -0.3 is 9.32 Å². The molecule has 1 aliphatic heterocycles. The van der Waals surface area contributed by atoms with Gasteiger partial charge in [-0.25, -0.2) is 8.42 Å². The highest BCUT2D eigenvalue weighted by Gasteiger charge is 2.29. The molecular weight excluding hydrogens is 420 g/mol. The first-order chi connectivity index (χ1) is 14.4. The molecule has 8 heteroatoms. The van der Waals surface area contributed by atoms with Crippen LogP contribution in [-0.4, -0.2) is 31.7 Å². The minimum atomic E-state index is -3.46. The second kappa shape index (κ2) is 8.75. The molecule has 0 saturated carbocycles. The molecule has 1 aromatic carbocycles. The van der Waals surface area contributed by atoms with E-state index in [1.54, 1.807) is 29.4 Å². The number of sulfonamides is 1. The van der Waals surface area contributed by atoms with E-state index < -0.39 is 10.0 Å². The van der Waals surface area contributed by atoms with E-state index in [2.05, 4.69) is 0 Å². The van der Waals surface area contributed by atoms with Crippen molar-refractivity contribution in [2.24, 2.45) is 0 Å². The number of rotatable bonds is 7. The fraction of sp³-hybridized carbons (Fsp3) is 0.318. The zero-order valence-electron chi connectivity index (χ0n) is 16.8. The van der Waals surface area contributed by atoms with Gasteiger partial charge in [0.25, 0.3) is 10.0 Å². The monoisotopic (exact) mass is 444 g/mol. The average molecular weight is 445 g/mol. The van der Waals surface area contributed by atoms with Crippen LogP contribution in [0.2, 0.25) is 0 Å². The third-order valence-corrected chi connectivity index (χ3v) is 8.61. The van der Waals surface area contributed by atoms with E-state index in [0.717, 1.165) is 29.0 Å². The second-order valence-corrected chi connectivity index (χ2v) is 10.7. The lowest BCUT2D eigenvalue weighted by molar-refractivity contribution is -0.118. The van der Waals surface area contributed by atoms with Crippen LogP contribution in [0.25, 0.3) is 0 Å². The van der Waals surface area contributed by atoms with Crippen LogP contribution in [-0.2, 0) is 27.8 Å². The Kier molecular flexibility index (Phi) is 6.08. The Morgan fingerprint density at radius 1 is 1.10 bits per heavy atom. The van der Waals surface area contributed by atoms with Gasteiger partial charge in [0.05, 0.1) is 19.2 Å². The molecule has 1 fully saturated rings. The summed E-state index contributed by atoms with van der Waals surface area (Å²) in [5.74, 6) is 0.578. The van der Waals surface area contributed by atoms with Crippen LogP contribution in [0.15, 0.2) is 63.4 Å². The van der Waals surface area contributed by atoms with E-state index in [0.29, 0.717) is 29.6 Å². The van der Waals surface area contributed by atoms with Gasteiger partial charge in [-0.3, -0.25) is 4.79 Å². The van der Waals surface area contributed by atoms with Crippen LogP contribution in [0.1, 0.15) is 29.0 Å². The lowest BCUT2D eigenvalue weighted by Crippen LogP contribution is -2.31. The number of thiophene rings is 1. The molecule has 0 unspecified atom stereocenters. The van der Waals surface area contributed by atoms with Crippen molar-refractivity contribution in [3.8, 4) is 0 Å². The van der Waals surface area contributed by atoms with Gasteiger partial charge in [-0.15, -0.1) is 11.3 Å². The van der Waals surface area contributed by atoms with E-state index in [-0.39, 0.29) is 12.3 Å². The van der Waals surface area contributed by atoms with E-state index in [4.69, 9.17) is 4.42 Å². The van der Waals surface area contributed by atoms with Crippen molar-refractivity contribution >= 4 is 33.0 Å². The number of benzene rings is 1. The van der Waals surface area contributed by atoms with Gasteiger partial charge in [0.2, 0.25) is 5.91 Å². The minimum Gasteiger partial charge on any atom is -0.467 e. The summed E-state index contributed by atoms with van der Waals surface area (Å²) in [7, 11) is -3.46. The average Bonchev–Trinajstić information content (AvgIpc) is 3.49. The Morgan fingerprint density at radius 2 is 1.83 bits per heavy atom. The lowest BCUT2D eigenvalue weighted by atomic mass is 10.2. The summed E-state index contributed by atoms with van der Waals surface area (Å²) >= 11 is 1.18. The first-order valence-electron chi connectivity index (χ1n) is 9.92. The van der Waals surface area contributed by atoms with Crippen LogP contribution in [0, 0.1) is 6.92 Å². The normalized spacial score (nSPS) is 14.8. The molecule has 0 aliphatic carbocycles. The Morgan fingerprint density at radius 3 is 2.50 bits per heavy atom. The lowest BCUT2D eigenvalue weighted by Gasteiger charge is -2.22. The summed E-state index contributed by atoms with van der Waals surface area (Å²) in [6.45, 7) is 3.45. The molecule has 30 heavy (non-hydrogen) atoms. The topological polar surface area (TPSA) is 70.8 Å². The molecule has 2 aromatic heterocycles. The third kappa shape index (κ3) is 4.50. The van der Waals surface area contributed by atoms with E-state index >= 15 is 0 Å². The SMILES string of the molecule is Cc1ccc(N(Cc2ccco2)C(=O)Cc2ccc(S(=O)(=O)N3CCCC3)s2)cc1. The number of nitrogens with zero attached hydrogens (tertiary/aromatic N) is 2. The first-order valence-corrected chi connectivity index (χ1v) is 12.2. The Balaban J connectivity index is 1.54. The van der Waals surface area contributed by atoms with Gasteiger partial charge in [-0.2, -0.15) is 4.31 Å². The number of carbonyl (C=O) groups excluding carboxylic acids is 1. The highest BCUT2D eigenvalue weighted by atomic mass is 32.2. The number of hydrogen-bond donors (Lipinski definition) is 0. The number of amides is 1. The smallest absolute Gasteiger partial charge is 0.252 e. The van der Waals surface area contributed by atoms with Gasteiger partial charge in [-0.05, 0) is 56.2 Å². The summed E-state index contributed by atoms with van der Waals surface area (Å²) in [5.41, 5.74) is 1.89. The number of furan rings is 1. The van der Waals surface area contributed by atoms with Gasteiger partial charge in [0, 0.05) is 23.7 Å². The summed E-state index contributed by atoms with van der Waals surface area (Å²) in [6.07, 6.45) is 3.51. The van der Waals surface area contributed by atoms with Crippen LogP contribution in [0.4, 0.5) is 5.69 Å². The molecule has 0 bridgehead atoms. The molecule has 1 amide bonds. The molecular formula is C22H24N2O4S2. The van der Waals surface area contributed by atoms with Crippen molar-refractivity contribution in [2.75, 3.05) is 18.0 Å². The van der Waals surface area contributed by atoms with E-state index in [9.17, 15) is 13.2 Å². The highest BCUT2D eigenvalue weighted by molar-refractivity contribution is 7.91. The molecule has 0 atom stereocenters. The maximum absolute atomic E-state index is 13.2. The Bertz CT molecular complexity index is 1100. The zero-order valence-corrected chi connectivity index (χ0v) is 18.4. The third-order valence-electron chi connectivity index (χ3n) is 5.16. The van der Waals surface area contributed by atoms with Gasteiger partial charge in [0.1, 0.15) is 9.97 Å². The molecule has 0 N–H and O–H groups in total. The van der Waals surface area contributed by atoms with Crippen molar-refractivity contribution < 1.29 is 17.6 Å². The Labute approximate surface area is 180 Å². The summed E-state index contributed by atoms with van der Waals surface area (Å²) in [6, 6.07) is 14.7. The van der Waals surface area contributed by atoms with Gasteiger partial charge in [0.15, 0.2) is 0 Å². The summed E-state index contributed by atoms with van der Waals surface area (Å²) in [4.78, 5) is 15.6. The van der Waals surface area contributed by atoms with Crippen LogP contribution < -0.4 is 4.90 Å². The molecule has 3 heterocycles. The minimum absolute atomic E-state index is 0.109. The van der Waals surface area contributed by atoms with E-state index in [1.165, 1.54) is 15.6 Å². The van der Waals surface area contributed by atoms with Crippen LogP contribution in [0.3, 0.4) is 0 Å². The van der Waals surface area contributed by atoms with E-state index in [1.807, 2.05) is 37.3 Å². The molecule has 0 spiro atoms. The first kappa shape index (κ1) is 20.8. The molecule has 6 nitrogen and oxygen atoms in total. The molecule has 1 aliphatic rings. The predicted molar refractivity (Wildman–Crippen MR) is 117 cm³/mol. The molecule has 4 rings (SSSR count). The van der Waals surface area contributed by atoms with Gasteiger partial charge >= 0.3 is 0 Å². The quantitative estimate of drug-likeness (QED) is 0.547. The number of anilines is 1. The molecule has 158 valence electrons. The number of hydrogen-bond acceptors (Lipinski definition) is 5. The predicted octanol–water partition coefficient (Wildman–Crippen LogP) is 4.21. The standard InChI is InChI=1S/C22H24N2O4S2/c1-17-6-8-18(9-7-17)24(16-19-5-4-14-28-19)21(25)15-20-10-11-22(29-20)30(26,27)23-12-2-3-13-23/h4-11,14H,2-3,12-13,15-16H2,1H3. The fourth-order valence-electron chi connectivity index (χ4n) is 3.50. The fourth-order valence-corrected chi connectivity index (χ4v) is 6.52. The van der Waals surface area contributed by atoms with Crippen molar-refractivity contribution in [3.63, 3.8) is 0 Å². The zero-order chi connectivity index (χ0) is 21.1. The van der Waals surface area contributed by atoms with Gasteiger partial charge in [-0.1, -0.05) is 17.7 Å². The number of aryl methyl sites for hydroxylation is 1. The van der Waals surface area contributed by atoms with Crippen LogP contribution in [0.5, 0.6) is 0 Å².